The van der Waals surface area contributed by atoms with Crippen molar-refractivity contribution in [3.63, 3.8) is 0 Å². The van der Waals surface area contributed by atoms with Crippen molar-refractivity contribution in [1.29, 1.82) is 0 Å². The maximum absolute atomic E-state index is 12.6. The highest BCUT2D eigenvalue weighted by Crippen LogP contribution is 2.25. The molecule has 0 aliphatic carbocycles. The van der Waals surface area contributed by atoms with E-state index in [1.165, 1.54) is 0 Å². The highest BCUT2D eigenvalue weighted by Gasteiger charge is 2.26. The molecule has 0 saturated carbocycles. The summed E-state index contributed by atoms with van der Waals surface area (Å²) in [6.45, 7) is 0.0392. The van der Waals surface area contributed by atoms with Crippen molar-refractivity contribution in [3.05, 3.63) is 64.1 Å². The molecule has 0 radical (unpaired) electrons. The predicted molar refractivity (Wildman–Crippen MR) is 86.6 cm³/mol. The van der Waals surface area contributed by atoms with Crippen LogP contribution in [0.3, 0.4) is 0 Å². The molecule has 0 spiro atoms. The van der Waals surface area contributed by atoms with Crippen LogP contribution in [-0.4, -0.2) is 20.2 Å². The molecule has 2 rings (SSSR count). The summed E-state index contributed by atoms with van der Waals surface area (Å²) >= 11 is 11.8. The Morgan fingerprint density at radius 1 is 1.00 bits per heavy atom. The van der Waals surface area contributed by atoms with E-state index in [2.05, 4.69) is 0 Å². The van der Waals surface area contributed by atoms with Crippen LogP contribution in [0, 0.1) is 0 Å². The summed E-state index contributed by atoms with van der Waals surface area (Å²) < 4.78 is 25.2. The van der Waals surface area contributed by atoms with Crippen LogP contribution in [0.1, 0.15) is 5.56 Å². The largest absolute Gasteiger partial charge is 0.329 e. The highest BCUT2D eigenvalue weighted by atomic mass is 35.5. The van der Waals surface area contributed by atoms with E-state index in [4.69, 9.17) is 28.9 Å². The molecule has 1 atom stereocenters. The summed E-state index contributed by atoms with van der Waals surface area (Å²) in [5.41, 5.74) is 6.46. The second-order valence-electron chi connectivity index (χ2n) is 4.67. The molecule has 0 amide bonds. The molecule has 0 saturated heterocycles. The van der Waals surface area contributed by atoms with Gasteiger partial charge in [0, 0.05) is 6.54 Å². The lowest BCUT2D eigenvalue weighted by Gasteiger charge is -2.16. The highest BCUT2D eigenvalue weighted by molar-refractivity contribution is 7.92. The lowest BCUT2D eigenvalue weighted by Crippen LogP contribution is -2.32. The second-order valence-corrected chi connectivity index (χ2v) is 7.71. The van der Waals surface area contributed by atoms with Gasteiger partial charge in [0.1, 0.15) is 0 Å². The van der Waals surface area contributed by atoms with E-state index in [-0.39, 0.29) is 11.4 Å². The Bertz CT molecular complexity index is 718. The first kappa shape index (κ1) is 16.3. The van der Waals surface area contributed by atoms with E-state index >= 15 is 0 Å². The van der Waals surface area contributed by atoms with Crippen LogP contribution in [0.15, 0.2) is 53.4 Å². The van der Waals surface area contributed by atoms with Gasteiger partial charge in [0.25, 0.3) is 0 Å². The number of halogens is 2. The molecule has 0 bridgehead atoms. The minimum atomic E-state index is -3.47. The Balaban J connectivity index is 2.29. The van der Waals surface area contributed by atoms with Crippen molar-refractivity contribution >= 4 is 33.0 Å². The third-order valence-corrected chi connectivity index (χ3v) is 6.13. The fourth-order valence-electron chi connectivity index (χ4n) is 2.05. The molecule has 112 valence electrons. The van der Waals surface area contributed by atoms with E-state index in [1.807, 2.05) is 0 Å². The van der Waals surface area contributed by atoms with Gasteiger partial charge in [-0.2, -0.15) is 0 Å². The number of nitrogens with two attached hydrogens (primary N) is 1. The van der Waals surface area contributed by atoms with Crippen molar-refractivity contribution < 1.29 is 8.42 Å². The van der Waals surface area contributed by atoms with Crippen LogP contribution in [0.5, 0.6) is 0 Å². The Morgan fingerprint density at radius 3 is 2.24 bits per heavy atom. The fourth-order valence-corrected chi connectivity index (χ4v) is 3.96. The zero-order valence-electron chi connectivity index (χ0n) is 11.2. The molecule has 2 aromatic carbocycles. The first-order valence-corrected chi connectivity index (χ1v) is 8.68. The number of benzene rings is 2. The maximum atomic E-state index is 12.6. The Labute approximate surface area is 134 Å². The number of hydrogen-bond donors (Lipinski definition) is 1. The normalized spacial score (nSPS) is 13.1. The number of rotatable bonds is 5. The van der Waals surface area contributed by atoms with Crippen molar-refractivity contribution in [2.24, 2.45) is 5.73 Å². The molecular formula is C15H15Cl2NO2S. The summed E-state index contributed by atoms with van der Waals surface area (Å²) in [4.78, 5) is 0.278. The van der Waals surface area contributed by atoms with Gasteiger partial charge in [-0.25, -0.2) is 8.42 Å². The summed E-state index contributed by atoms with van der Waals surface area (Å²) in [6.07, 6.45) is 0.296. The summed E-state index contributed by atoms with van der Waals surface area (Å²) in [5.74, 6) is 0. The van der Waals surface area contributed by atoms with Gasteiger partial charge in [-0.1, -0.05) is 47.5 Å². The molecule has 21 heavy (non-hydrogen) atoms. The third kappa shape index (κ3) is 3.77. The monoisotopic (exact) mass is 343 g/mol. The van der Waals surface area contributed by atoms with E-state index in [9.17, 15) is 8.42 Å². The predicted octanol–water partition coefficient (Wildman–Crippen LogP) is 3.34. The SMILES string of the molecule is NCC(Cc1ccc(Cl)c(Cl)c1)S(=O)(=O)c1ccccc1. The topological polar surface area (TPSA) is 60.2 Å². The molecule has 0 aliphatic heterocycles. The fraction of sp³-hybridized carbons (Fsp3) is 0.200. The smallest absolute Gasteiger partial charge is 0.182 e. The molecule has 2 N–H and O–H groups in total. The average molecular weight is 344 g/mol. The van der Waals surface area contributed by atoms with Gasteiger partial charge in [0.2, 0.25) is 0 Å². The van der Waals surface area contributed by atoms with E-state index < -0.39 is 15.1 Å². The van der Waals surface area contributed by atoms with Gasteiger partial charge in [-0.3, -0.25) is 0 Å². The summed E-state index contributed by atoms with van der Waals surface area (Å²) in [6, 6.07) is 13.4. The van der Waals surface area contributed by atoms with Crippen LogP contribution in [0.2, 0.25) is 10.0 Å². The molecule has 0 fully saturated rings. The van der Waals surface area contributed by atoms with Crippen LogP contribution >= 0.6 is 23.2 Å². The van der Waals surface area contributed by atoms with Crippen LogP contribution in [0.25, 0.3) is 0 Å². The number of sulfone groups is 1. The number of hydrogen-bond acceptors (Lipinski definition) is 3. The van der Waals surface area contributed by atoms with Crippen LogP contribution in [0.4, 0.5) is 0 Å². The minimum Gasteiger partial charge on any atom is -0.329 e. The summed E-state index contributed by atoms with van der Waals surface area (Å²) in [7, 11) is -3.47. The van der Waals surface area contributed by atoms with Gasteiger partial charge in [-0.15, -0.1) is 0 Å². The van der Waals surface area contributed by atoms with Crippen molar-refractivity contribution in [2.45, 2.75) is 16.6 Å². The molecular weight excluding hydrogens is 329 g/mol. The zero-order valence-corrected chi connectivity index (χ0v) is 13.5. The van der Waals surface area contributed by atoms with Crippen LogP contribution < -0.4 is 5.73 Å². The van der Waals surface area contributed by atoms with Crippen molar-refractivity contribution in [3.8, 4) is 0 Å². The lowest BCUT2D eigenvalue weighted by atomic mass is 10.1. The molecule has 0 aromatic heterocycles. The third-order valence-electron chi connectivity index (χ3n) is 3.22. The average Bonchev–Trinajstić information content (AvgIpc) is 2.49. The van der Waals surface area contributed by atoms with Gasteiger partial charge in [0.15, 0.2) is 9.84 Å². The van der Waals surface area contributed by atoms with Crippen molar-refractivity contribution in [1.82, 2.24) is 0 Å². The van der Waals surface area contributed by atoms with Gasteiger partial charge in [-0.05, 0) is 36.2 Å². The van der Waals surface area contributed by atoms with E-state index in [0.29, 0.717) is 16.5 Å². The Morgan fingerprint density at radius 2 is 1.67 bits per heavy atom. The van der Waals surface area contributed by atoms with Gasteiger partial charge >= 0.3 is 0 Å². The maximum Gasteiger partial charge on any atom is 0.182 e. The van der Waals surface area contributed by atoms with Crippen LogP contribution in [-0.2, 0) is 16.3 Å². The molecule has 3 nitrogen and oxygen atoms in total. The van der Waals surface area contributed by atoms with E-state index in [0.717, 1.165) is 5.56 Å². The van der Waals surface area contributed by atoms with Gasteiger partial charge < -0.3 is 5.73 Å². The standard InChI is InChI=1S/C15H15Cl2NO2S/c16-14-7-6-11(9-15(14)17)8-13(10-18)21(19,20)12-4-2-1-3-5-12/h1-7,9,13H,8,10,18H2. The first-order valence-electron chi connectivity index (χ1n) is 6.38. The molecule has 2 aromatic rings. The second kappa shape index (κ2) is 6.79. The first-order chi connectivity index (χ1) is 9.95. The quantitative estimate of drug-likeness (QED) is 0.905. The lowest BCUT2D eigenvalue weighted by molar-refractivity contribution is 0.578. The molecule has 0 aliphatic rings. The Hall–Kier alpha value is -1.07. The molecule has 6 heteroatoms. The summed E-state index contributed by atoms with van der Waals surface area (Å²) in [5, 5.41) is 0.148. The van der Waals surface area contributed by atoms with Gasteiger partial charge in [0.05, 0.1) is 20.2 Å². The minimum absolute atomic E-state index is 0.0392. The molecule has 0 heterocycles. The van der Waals surface area contributed by atoms with Crippen molar-refractivity contribution in [2.75, 3.05) is 6.54 Å². The Kier molecular flexibility index (Phi) is 5.27. The van der Waals surface area contributed by atoms with E-state index in [1.54, 1.807) is 48.5 Å². The molecule has 1 unspecified atom stereocenters. The zero-order chi connectivity index (χ0) is 15.5.